The van der Waals surface area contributed by atoms with Crippen molar-refractivity contribution in [2.75, 3.05) is 36.0 Å². The van der Waals surface area contributed by atoms with Crippen LogP contribution in [0.2, 0.25) is 5.02 Å². The first-order valence-corrected chi connectivity index (χ1v) is 13.6. The smallest absolute Gasteiger partial charge is 0.339 e. The van der Waals surface area contributed by atoms with Crippen LogP contribution in [0.25, 0.3) is 5.69 Å². The van der Waals surface area contributed by atoms with Gasteiger partial charge >= 0.3 is 12.4 Å². The van der Waals surface area contributed by atoms with Gasteiger partial charge in [0, 0.05) is 54.9 Å². The molecule has 0 unspecified atom stereocenters. The molecule has 5 heterocycles. The zero-order valence-corrected chi connectivity index (χ0v) is 22.2. The lowest BCUT2D eigenvalue weighted by molar-refractivity contribution is -0.364. The molecule has 2 bridgehead atoms. The first-order chi connectivity index (χ1) is 19.3. The standard InChI is InChI=1S/C26H23ClF6N8/c27-16-1-2-17-15(5-16)6-40(24-8-23(9-24,10-24)26(31,32)33)7-19-36-37-21(41(17)19)39-13-22(14-39)11-38(12-22)20-34-4-3-18(35-20)25(28,29)30/h1-5H,6-14H2. The molecule has 0 amide bonds. The monoisotopic (exact) mass is 596 g/mol. The van der Waals surface area contributed by atoms with Crippen molar-refractivity contribution in [2.24, 2.45) is 10.8 Å². The molecule has 3 aliphatic carbocycles. The van der Waals surface area contributed by atoms with E-state index in [1.165, 1.54) is 0 Å². The molecule has 15 heteroatoms. The molecule has 0 N–H and O–H groups in total. The molecule has 2 aromatic heterocycles. The minimum atomic E-state index is -4.53. The molecule has 1 aromatic carbocycles. The maximum Gasteiger partial charge on any atom is 0.433 e. The van der Waals surface area contributed by atoms with E-state index in [1.54, 1.807) is 11.0 Å². The van der Waals surface area contributed by atoms with Crippen molar-refractivity contribution in [1.29, 1.82) is 0 Å². The molecule has 6 aliphatic rings. The summed E-state index contributed by atoms with van der Waals surface area (Å²) >= 11 is 6.34. The summed E-state index contributed by atoms with van der Waals surface area (Å²) in [6.45, 7) is 3.14. The molecule has 0 radical (unpaired) electrons. The molecule has 216 valence electrons. The second-order valence-electron chi connectivity index (χ2n) is 12.4. The Morgan fingerprint density at radius 2 is 1.56 bits per heavy atom. The number of halogens is 7. The van der Waals surface area contributed by atoms with Crippen molar-refractivity contribution in [3.05, 3.63) is 52.6 Å². The van der Waals surface area contributed by atoms with Crippen LogP contribution in [0.4, 0.5) is 38.2 Å². The minimum Gasteiger partial charge on any atom is -0.339 e. The SMILES string of the molecule is FC(F)(F)c1ccnc(N2CC3(C2)CN(c2nnc4n2-c2ccc(Cl)cc2CN(C25CC(C(F)(F)F)(C2)C5)C4)C3)n1. The molecule has 3 aromatic rings. The molecule has 3 saturated carbocycles. The number of nitrogens with zero attached hydrogens (tertiary/aromatic N) is 8. The van der Waals surface area contributed by atoms with Crippen LogP contribution in [0.5, 0.6) is 0 Å². The maximum atomic E-state index is 13.6. The second-order valence-corrected chi connectivity index (χ2v) is 12.8. The van der Waals surface area contributed by atoms with Gasteiger partial charge in [0.1, 0.15) is 5.69 Å². The molecule has 9 rings (SSSR count). The van der Waals surface area contributed by atoms with Crippen LogP contribution in [-0.4, -0.2) is 67.5 Å². The Morgan fingerprint density at radius 3 is 2.24 bits per heavy atom. The summed E-state index contributed by atoms with van der Waals surface area (Å²) in [5, 5.41) is 9.50. The van der Waals surface area contributed by atoms with Gasteiger partial charge in [-0.3, -0.25) is 9.47 Å². The molecular weight excluding hydrogens is 574 g/mol. The lowest BCUT2D eigenvalue weighted by Gasteiger charge is -2.73. The maximum absolute atomic E-state index is 13.6. The van der Waals surface area contributed by atoms with Gasteiger partial charge in [-0.1, -0.05) is 11.6 Å². The van der Waals surface area contributed by atoms with Gasteiger partial charge in [0.25, 0.3) is 0 Å². The third-order valence-corrected chi connectivity index (χ3v) is 9.80. The van der Waals surface area contributed by atoms with Crippen LogP contribution >= 0.6 is 11.6 Å². The lowest BCUT2D eigenvalue weighted by Crippen LogP contribution is -2.78. The van der Waals surface area contributed by atoms with E-state index in [2.05, 4.69) is 30.0 Å². The first-order valence-electron chi connectivity index (χ1n) is 13.2. The number of benzene rings is 1. The van der Waals surface area contributed by atoms with Gasteiger partial charge in [0.05, 0.1) is 17.6 Å². The number of hydrogen-bond acceptors (Lipinski definition) is 7. The topological polar surface area (TPSA) is 66.2 Å². The van der Waals surface area contributed by atoms with Gasteiger partial charge in [0.2, 0.25) is 11.9 Å². The van der Waals surface area contributed by atoms with E-state index in [0.29, 0.717) is 56.1 Å². The zero-order valence-electron chi connectivity index (χ0n) is 21.5. The van der Waals surface area contributed by atoms with Gasteiger partial charge < -0.3 is 9.80 Å². The molecule has 2 saturated heterocycles. The van der Waals surface area contributed by atoms with Crippen LogP contribution in [0.3, 0.4) is 0 Å². The number of alkyl halides is 6. The third kappa shape index (κ3) is 3.58. The van der Waals surface area contributed by atoms with Crippen molar-refractivity contribution >= 4 is 23.5 Å². The van der Waals surface area contributed by atoms with E-state index >= 15 is 0 Å². The lowest BCUT2D eigenvalue weighted by atomic mass is 9.38. The van der Waals surface area contributed by atoms with Crippen molar-refractivity contribution in [2.45, 2.75) is 50.2 Å². The number of fused-ring (bicyclic) bond motifs is 3. The quantitative estimate of drug-likeness (QED) is 0.400. The average molecular weight is 597 g/mol. The van der Waals surface area contributed by atoms with Crippen molar-refractivity contribution < 1.29 is 26.3 Å². The van der Waals surface area contributed by atoms with E-state index in [0.717, 1.165) is 23.5 Å². The highest BCUT2D eigenvalue weighted by atomic mass is 35.5. The Balaban J connectivity index is 1.02. The molecule has 0 atom stereocenters. The summed E-state index contributed by atoms with van der Waals surface area (Å²) in [4.78, 5) is 13.6. The Hall–Kier alpha value is -3.13. The minimum absolute atomic E-state index is 0.0621. The molecule has 8 nitrogen and oxygen atoms in total. The first kappa shape index (κ1) is 25.6. The predicted octanol–water partition coefficient (Wildman–Crippen LogP) is 4.86. The van der Waals surface area contributed by atoms with Gasteiger partial charge in [-0.15, -0.1) is 10.2 Å². The largest absolute Gasteiger partial charge is 0.433 e. The number of hydrogen-bond donors (Lipinski definition) is 0. The van der Waals surface area contributed by atoms with Crippen LogP contribution in [0, 0.1) is 10.8 Å². The highest BCUT2D eigenvalue weighted by molar-refractivity contribution is 6.30. The Morgan fingerprint density at radius 1 is 0.854 bits per heavy atom. The van der Waals surface area contributed by atoms with Crippen molar-refractivity contribution in [3.63, 3.8) is 0 Å². The summed E-state index contributed by atoms with van der Waals surface area (Å²) in [7, 11) is 0. The van der Waals surface area contributed by atoms with Crippen LogP contribution in [0.15, 0.2) is 30.5 Å². The molecule has 1 spiro atoms. The van der Waals surface area contributed by atoms with Crippen LogP contribution < -0.4 is 9.80 Å². The Bertz CT molecular complexity index is 1550. The number of aromatic nitrogens is 5. The van der Waals surface area contributed by atoms with Crippen LogP contribution in [0.1, 0.15) is 36.3 Å². The summed E-state index contributed by atoms with van der Waals surface area (Å²) in [5.74, 6) is 1.35. The fraction of sp³-hybridized carbons (Fsp3) is 0.538. The van der Waals surface area contributed by atoms with E-state index in [-0.39, 0.29) is 30.6 Å². The summed E-state index contributed by atoms with van der Waals surface area (Å²) < 4.78 is 81.9. The molecule has 41 heavy (non-hydrogen) atoms. The van der Waals surface area contributed by atoms with E-state index in [4.69, 9.17) is 11.6 Å². The fourth-order valence-corrected chi connectivity index (χ4v) is 7.76. The van der Waals surface area contributed by atoms with Crippen molar-refractivity contribution in [3.8, 4) is 5.69 Å². The van der Waals surface area contributed by atoms with E-state index in [1.807, 2.05) is 16.7 Å². The summed E-state index contributed by atoms with van der Waals surface area (Å²) in [6, 6.07) is 6.38. The van der Waals surface area contributed by atoms with Gasteiger partial charge in [-0.05, 0) is 49.1 Å². The van der Waals surface area contributed by atoms with E-state index in [9.17, 15) is 26.3 Å². The Kier molecular flexibility index (Phi) is 4.88. The summed E-state index contributed by atoms with van der Waals surface area (Å²) in [6.07, 6.45) is -7.30. The van der Waals surface area contributed by atoms with Gasteiger partial charge in [-0.2, -0.15) is 26.3 Å². The molecule has 3 aliphatic heterocycles. The number of anilines is 2. The normalized spacial score (nSPS) is 28.2. The zero-order chi connectivity index (χ0) is 28.6. The van der Waals surface area contributed by atoms with E-state index < -0.39 is 29.0 Å². The van der Waals surface area contributed by atoms with Gasteiger partial charge in [-0.25, -0.2) is 9.97 Å². The van der Waals surface area contributed by atoms with Crippen molar-refractivity contribution in [1.82, 2.24) is 29.6 Å². The fourth-order valence-electron chi connectivity index (χ4n) is 7.57. The third-order valence-electron chi connectivity index (χ3n) is 9.57. The van der Waals surface area contributed by atoms with Crippen LogP contribution in [-0.2, 0) is 19.3 Å². The Labute approximate surface area is 234 Å². The highest BCUT2D eigenvalue weighted by Gasteiger charge is 2.80. The number of rotatable bonds is 3. The molecule has 5 fully saturated rings. The van der Waals surface area contributed by atoms with Gasteiger partial charge in [0.15, 0.2) is 5.82 Å². The summed E-state index contributed by atoms with van der Waals surface area (Å²) in [5.41, 5.74) is -1.41. The second kappa shape index (κ2) is 7.82. The predicted molar refractivity (Wildman–Crippen MR) is 135 cm³/mol. The molecular formula is C26H23ClF6N8. The highest BCUT2D eigenvalue weighted by Crippen LogP contribution is 2.75. The average Bonchev–Trinajstić information content (AvgIpc) is 3.10.